The van der Waals surface area contributed by atoms with Gasteiger partial charge in [-0.3, -0.25) is 10.7 Å². The lowest BCUT2D eigenvalue weighted by atomic mass is 10.2. The fourth-order valence-electron chi connectivity index (χ4n) is 5.58. The first kappa shape index (κ1) is 26.8. The second-order valence-electron chi connectivity index (χ2n) is 10.9. The van der Waals surface area contributed by atoms with Crippen molar-refractivity contribution >= 4 is 11.5 Å². The molecule has 0 amide bonds. The van der Waals surface area contributed by atoms with Gasteiger partial charge in [-0.2, -0.15) is 0 Å². The van der Waals surface area contributed by atoms with Crippen LogP contribution in [0.2, 0.25) is 0 Å². The number of oxime groups is 1. The van der Waals surface area contributed by atoms with Crippen molar-refractivity contribution in [2.45, 2.75) is 57.3 Å². The zero-order chi connectivity index (χ0) is 27.4. The van der Waals surface area contributed by atoms with Crippen molar-refractivity contribution in [1.29, 1.82) is 0 Å². The topological polar surface area (TPSA) is 129 Å². The lowest BCUT2D eigenvalue weighted by Gasteiger charge is -2.37. The number of nitrogens with two attached hydrogens (primary N) is 2. The number of hydrogen-bond donors (Lipinski definition) is 5. The van der Waals surface area contributed by atoms with Crippen molar-refractivity contribution in [1.82, 2.24) is 25.9 Å². The molecule has 10 nitrogen and oxygen atoms in total. The van der Waals surface area contributed by atoms with Gasteiger partial charge in [-0.05, 0) is 37.8 Å². The Labute approximate surface area is 231 Å². The fourth-order valence-corrected chi connectivity index (χ4v) is 5.58. The molecule has 0 radical (unpaired) electrons. The number of rotatable bonds is 13. The second kappa shape index (κ2) is 12.0. The van der Waals surface area contributed by atoms with E-state index in [9.17, 15) is 0 Å². The minimum absolute atomic E-state index is 0.00360. The Hall–Kier alpha value is -3.76. The quantitative estimate of drug-likeness (QED) is 0.0862. The molecule has 208 valence electrons. The number of piperazine rings is 1. The summed E-state index contributed by atoms with van der Waals surface area (Å²) in [7, 11) is 0. The number of benzene rings is 1. The molecule has 1 saturated carbocycles. The zero-order valence-corrected chi connectivity index (χ0v) is 22.8. The van der Waals surface area contributed by atoms with Gasteiger partial charge in [0.15, 0.2) is 0 Å². The van der Waals surface area contributed by atoms with Gasteiger partial charge in [0.1, 0.15) is 17.8 Å². The lowest BCUT2D eigenvalue weighted by molar-refractivity contribution is 0.0864. The summed E-state index contributed by atoms with van der Waals surface area (Å²) in [4.78, 5) is 14.9. The molecule has 2 bridgehead atoms. The van der Waals surface area contributed by atoms with Crippen LogP contribution in [0.3, 0.4) is 0 Å². The molecule has 7 N–H and O–H groups in total. The summed E-state index contributed by atoms with van der Waals surface area (Å²) in [5.74, 6) is 8.06. The molecule has 3 aliphatic heterocycles. The summed E-state index contributed by atoms with van der Waals surface area (Å²) >= 11 is 0. The average molecular weight is 532 g/mol. The minimum Gasteiger partial charge on any atom is -0.390 e. The first-order chi connectivity index (χ1) is 18.9. The van der Waals surface area contributed by atoms with E-state index >= 15 is 0 Å². The number of hydrogen-bond acceptors (Lipinski definition) is 9. The van der Waals surface area contributed by atoms with E-state index in [1.54, 1.807) is 0 Å². The highest BCUT2D eigenvalue weighted by Gasteiger charge is 2.44. The van der Waals surface area contributed by atoms with Gasteiger partial charge in [-0.25, -0.2) is 4.99 Å². The van der Waals surface area contributed by atoms with E-state index in [1.807, 2.05) is 19.1 Å². The van der Waals surface area contributed by atoms with Gasteiger partial charge >= 0.3 is 0 Å². The van der Waals surface area contributed by atoms with Crippen LogP contribution in [-0.4, -0.2) is 59.2 Å². The van der Waals surface area contributed by atoms with Crippen molar-refractivity contribution < 1.29 is 4.84 Å². The van der Waals surface area contributed by atoms with Crippen LogP contribution in [0.1, 0.15) is 38.2 Å². The summed E-state index contributed by atoms with van der Waals surface area (Å²) in [6.45, 7) is 13.7. The van der Waals surface area contributed by atoms with Gasteiger partial charge in [0.2, 0.25) is 0 Å². The second-order valence-corrected chi connectivity index (χ2v) is 10.9. The van der Waals surface area contributed by atoms with Crippen molar-refractivity contribution in [3.63, 3.8) is 0 Å². The molecular weight excluding hydrogens is 490 g/mol. The predicted octanol–water partition coefficient (Wildman–Crippen LogP) is 2.23. The van der Waals surface area contributed by atoms with Crippen molar-refractivity contribution in [3.05, 3.63) is 84.2 Å². The third kappa shape index (κ3) is 7.01. The molecule has 5 rings (SSSR count). The number of nitrogens with zero attached hydrogens (tertiary/aromatic N) is 4. The maximum absolute atomic E-state index is 6.41. The number of allylic oxidation sites excluding steroid dienone is 2. The Balaban J connectivity index is 1.26. The van der Waals surface area contributed by atoms with Crippen molar-refractivity contribution in [3.8, 4) is 0 Å². The number of aliphatic imine (C=N–C) groups is 1. The smallest absolute Gasteiger partial charge is 0.150 e. The fraction of sp³-hybridized carbons (Fsp3) is 0.448. The third-order valence-corrected chi connectivity index (χ3v) is 7.66. The van der Waals surface area contributed by atoms with Crippen LogP contribution in [-0.2, 0) is 11.4 Å². The summed E-state index contributed by atoms with van der Waals surface area (Å²) in [5, 5.41) is 10.8. The van der Waals surface area contributed by atoms with Crippen LogP contribution in [0.25, 0.3) is 0 Å². The van der Waals surface area contributed by atoms with E-state index in [2.05, 4.69) is 79.5 Å². The SMILES string of the molecule is C=C(/C=C(\NN)C1CC1)N=C(N)C=C(NC(=C)NCC1CC(C)=NO1)N1C[C@H]2C[C@@H]1CN2Cc1ccccc1. The normalized spacial score (nSPS) is 25.4. The number of nitrogens with one attached hydrogen (secondary N) is 3. The molecule has 1 aliphatic carbocycles. The van der Waals surface area contributed by atoms with E-state index in [0.29, 0.717) is 41.9 Å². The van der Waals surface area contributed by atoms with Gasteiger partial charge in [-0.15, -0.1) is 0 Å². The Bertz CT molecular complexity index is 1180. The number of fused-ring (bicyclic) bond motifs is 2. The highest BCUT2D eigenvalue weighted by molar-refractivity contribution is 5.92. The standard InChI is InChI=1S/C29H41N9O/c1-19(12-27(35-31)23-9-10-23)33-28(30)14-29(34-21(3)32-15-26-11-20(2)36-39-26)38-18-24-13-25(38)17-37(24)16-22-7-5-4-6-8-22/h4-8,12,14,23-26,32,34-35H,1,3,9-11,13,15-18,31H2,2H3,(H2,30,33)/b27-12-,29-14?/t24-,25-,26?/m1/s1. The maximum Gasteiger partial charge on any atom is 0.150 e. The van der Waals surface area contributed by atoms with Crippen molar-refractivity contribution in [2.75, 3.05) is 19.6 Å². The molecule has 1 unspecified atom stereocenters. The monoisotopic (exact) mass is 531 g/mol. The van der Waals surface area contributed by atoms with Crippen LogP contribution in [0.15, 0.2) is 88.8 Å². The first-order valence-electron chi connectivity index (χ1n) is 13.7. The van der Waals surface area contributed by atoms with Crippen LogP contribution in [0.5, 0.6) is 0 Å². The Morgan fingerprint density at radius 1 is 1.18 bits per heavy atom. The third-order valence-electron chi connectivity index (χ3n) is 7.66. The Kier molecular flexibility index (Phi) is 8.23. The van der Waals surface area contributed by atoms with E-state index < -0.39 is 0 Å². The number of hydrazine groups is 1. The summed E-state index contributed by atoms with van der Waals surface area (Å²) in [6.07, 6.45) is 7.92. The van der Waals surface area contributed by atoms with E-state index in [1.165, 1.54) is 5.56 Å². The summed E-state index contributed by atoms with van der Waals surface area (Å²) in [5.41, 5.74) is 13.0. The summed E-state index contributed by atoms with van der Waals surface area (Å²) < 4.78 is 0. The Morgan fingerprint density at radius 3 is 2.62 bits per heavy atom. The minimum atomic E-state index is 0.00360. The molecule has 1 aromatic rings. The molecule has 0 spiro atoms. The molecular formula is C29H41N9O. The maximum atomic E-state index is 6.41. The Morgan fingerprint density at radius 2 is 1.97 bits per heavy atom. The molecule has 10 heteroatoms. The van der Waals surface area contributed by atoms with Gasteiger partial charge in [0.05, 0.1) is 23.8 Å². The van der Waals surface area contributed by atoms with Gasteiger partial charge in [0.25, 0.3) is 0 Å². The first-order valence-corrected chi connectivity index (χ1v) is 13.7. The molecule has 2 saturated heterocycles. The van der Waals surface area contributed by atoms with Crippen LogP contribution in [0, 0.1) is 5.92 Å². The lowest BCUT2D eigenvalue weighted by Crippen LogP contribution is -2.48. The van der Waals surface area contributed by atoms with Gasteiger partial charge in [0, 0.05) is 55.8 Å². The highest BCUT2D eigenvalue weighted by atomic mass is 16.6. The average Bonchev–Trinajstić information content (AvgIpc) is 3.37. The highest BCUT2D eigenvalue weighted by Crippen LogP contribution is 2.35. The molecule has 4 aliphatic rings. The molecule has 39 heavy (non-hydrogen) atoms. The van der Waals surface area contributed by atoms with Crippen LogP contribution in [0.4, 0.5) is 0 Å². The number of amidine groups is 1. The van der Waals surface area contributed by atoms with Crippen molar-refractivity contribution in [2.24, 2.45) is 27.6 Å². The molecule has 1 aromatic carbocycles. The van der Waals surface area contributed by atoms with E-state index in [0.717, 1.165) is 62.5 Å². The van der Waals surface area contributed by atoms with Gasteiger partial charge < -0.3 is 31.5 Å². The molecule has 3 atom stereocenters. The molecule has 3 heterocycles. The van der Waals surface area contributed by atoms with Crippen LogP contribution < -0.4 is 27.6 Å². The summed E-state index contributed by atoms with van der Waals surface area (Å²) in [6, 6.07) is 11.5. The van der Waals surface area contributed by atoms with E-state index in [-0.39, 0.29) is 6.10 Å². The van der Waals surface area contributed by atoms with E-state index in [4.69, 9.17) is 16.4 Å². The van der Waals surface area contributed by atoms with Crippen LogP contribution >= 0.6 is 0 Å². The predicted molar refractivity (Wildman–Crippen MR) is 156 cm³/mol. The number of likely N-dealkylation sites (tertiary alicyclic amines) is 2. The molecule has 3 fully saturated rings. The van der Waals surface area contributed by atoms with Gasteiger partial charge in [-0.1, -0.05) is 48.6 Å². The largest absolute Gasteiger partial charge is 0.390 e. The molecule has 0 aromatic heterocycles. The zero-order valence-electron chi connectivity index (χ0n) is 22.8.